The Morgan fingerprint density at radius 2 is 2.09 bits per heavy atom. The van der Waals surface area contributed by atoms with Crippen LogP contribution >= 0.6 is 0 Å². The molecule has 0 aliphatic heterocycles. The second-order valence-electron chi connectivity index (χ2n) is 3.39. The summed E-state index contributed by atoms with van der Waals surface area (Å²) < 4.78 is 0. The first-order valence-corrected chi connectivity index (χ1v) is 3.76. The molecule has 0 saturated carbocycles. The minimum absolute atomic E-state index is 0.0220. The Labute approximate surface area is 66.9 Å². The first-order valence-electron chi connectivity index (χ1n) is 3.76. The highest BCUT2D eigenvalue weighted by Crippen LogP contribution is 2.28. The van der Waals surface area contributed by atoms with Gasteiger partial charge in [0.05, 0.1) is 5.60 Å². The Hall–Kier alpha value is -0.760. The Bertz CT molecular complexity index is 224. The van der Waals surface area contributed by atoms with E-state index in [9.17, 15) is 10.2 Å². The van der Waals surface area contributed by atoms with Gasteiger partial charge in [0.25, 0.3) is 0 Å². The van der Waals surface area contributed by atoms with E-state index in [0.717, 1.165) is 5.57 Å². The number of hydrogen-bond donors (Lipinski definition) is 2. The Kier molecular flexibility index (Phi) is 1.80. The normalized spacial score (nSPS) is 38.0. The van der Waals surface area contributed by atoms with Crippen molar-refractivity contribution < 1.29 is 10.2 Å². The van der Waals surface area contributed by atoms with E-state index in [1.54, 1.807) is 26.0 Å². The summed E-state index contributed by atoms with van der Waals surface area (Å²) in [6.07, 6.45) is 3.36. The standard InChI is InChI=1S/C9H14O2/c1-6-5-9(3,11)7(2)4-8(6)10/h4-5,7,10-11H,1-3H3. The monoisotopic (exact) mass is 154 g/mol. The zero-order chi connectivity index (χ0) is 8.65. The third-order valence-corrected chi connectivity index (χ3v) is 2.24. The molecule has 2 heteroatoms. The maximum absolute atomic E-state index is 9.70. The van der Waals surface area contributed by atoms with Crippen LogP contribution in [0.2, 0.25) is 0 Å². The second kappa shape index (κ2) is 2.38. The van der Waals surface area contributed by atoms with Crippen molar-refractivity contribution >= 4 is 0 Å². The minimum Gasteiger partial charge on any atom is -0.508 e. The summed E-state index contributed by atoms with van der Waals surface area (Å²) >= 11 is 0. The van der Waals surface area contributed by atoms with Crippen LogP contribution in [0.4, 0.5) is 0 Å². The maximum Gasteiger partial charge on any atom is 0.114 e. The molecule has 2 atom stereocenters. The van der Waals surface area contributed by atoms with Crippen molar-refractivity contribution in [1.82, 2.24) is 0 Å². The number of allylic oxidation sites excluding steroid dienone is 1. The molecule has 0 saturated heterocycles. The molecule has 0 aromatic heterocycles. The molecular weight excluding hydrogens is 140 g/mol. The van der Waals surface area contributed by atoms with E-state index in [2.05, 4.69) is 0 Å². The summed E-state index contributed by atoms with van der Waals surface area (Å²) in [4.78, 5) is 0. The predicted octanol–water partition coefficient (Wildman–Crippen LogP) is 1.78. The zero-order valence-electron chi connectivity index (χ0n) is 7.13. The SMILES string of the molecule is CC1=CC(C)(O)C(C)C=C1O. The molecule has 62 valence electrons. The van der Waals surface area contributed by atoms with Gasteiger partial charge in [-0.1, -0.05) is 6.92 Å². The molecule has 1 rings (SSSR count). The average Bonchev–Trinajstić information content (AvgIpc) is 1.83. The van der Waals surface area contributed by atoms with E-state index in [1.165, 1.54) is 0 Å². The largest absolute Gasteiger partial charge is 0.508 e. The summed E-state index contributed by atoms with van der Waals surface area (Å²) in [5, 5.41) is 19.0. The van der Waals surface area contributed by atoms with Crippen molar-refractivity contribution in [3.05, 3.63) is 23.5 Å². The molecule has 2 N–H and O–H groups in total. The van der Waals surface area contributed by atoms with Crippen LogP contribution in [0.15, 0.2) is 23.5 Å². The maximum atomic E-state index is 9.70. The van der Waals surface area contributed by atoms with Gasteiger partial charge in [-0.05, 0) is 31.6 Å². The molecule has 11 heavy (non-hydrogen) atoms. The first kappa shape index (κ1) is 8.34. The molecular formula is C9H14O2. The molecule has 0 aromatic rings. The van der Waals surface area contributed by atoms with E-state index in [1.807, 2.05) is 6.92 Å². The van der Waals surface area contributed by atoms with Gasteiger partial charge in [-0.2, -0.15) is 0 Å². The molecule has 1 aliphatic rings. The van der Waals surface area contributed by atoms with Crippen LogP contribution in [0, 0.1) is 5.92 Å². The van der Waals surface area contributed by atoms with Gasteiger partial charge < -0.3 is 10.2 Å². The number of aliphatic hydroxyl groups excluding tert-OH is 1. The first-order chi connectivity index (χ1) is 4.93. The summed E-state index contributed by atoms with van der Waals surface area (Å²) in [5.41, 5.74) is -0.0656. The topological polar surface area (TPSA) is 40.5 Å². The second-order valence-corrected chi connectivity index (χ2v) is 3.39. The van der Waals surface area contributed by atoms with Gasteiger partial charge in [0.15, 0.2) is 0 Å². The minimum atomic E-state index is -0.809. The van der Waals surface area contributed by atoms with Gasteiger partial charge in [0.2, 0.25) is 0 Å². The van der Waals surface area contributed by atoms with E-state index >= 15 is 0 Å². The van der Waals surface area contributed by atoms with Gasteiger partial charge in [0, 0.05) is 5.92 Å². The lowest BCUT2D eigenvalue weighted by Crippen LogP contribution is -2.32. The van der Waals surface area contributed by atoms with Crippen LogP contribution in [0.5, 0.6) is 0 Å². The van der Waals surface area contributed by atoms with E-state index in [0.29, 0.717) is 0 Å². The van der Waals surface area contributed by atoms with Crippen LogP contribution in [0.25, 0.3) is 0 Å². The molecule has 0 heterocycles. The number of aliphatic hydroxyl groups is 2. The third-order valence-electron chi connectivity index (χ3n) is 2.24. The van der Waals surface area contributed by atoms with Crippen molar-refractivity contribution in [2.45, 2.75) is 26.4 Å². The zero-order valence-corrected chi connectivity index (χ0v) is 7.13. The highest BCUT2D eigenvalue weighted by molar-refractivity contribution is 5.32. The van der Waals surface area contributed by atoms with Crippen molar-refractivity contribution in [1.29, 1.82) is 0 Å². The van der Waals surface area contributed by atoms with E-state index in [4.69, 9.17) is 0 Å². The van der Waals surface area contributed by atoms with Gasteiger partial charge >= 0.3 is 0 Å². The fourth-order valence-corrected chi connectivity index (χ4v) is 1.18. The average molecular weight is 154 g/mol. The molecule has 2 nitrogen and oxygen atoms in total. The summed E-state index contributed by atoms with van der Waals surface area (Å²) in [5.74, 6) is 0.259. The Balaban J connectivity index is 2.98. The number of rotatable bonds is 0. The highest BCUT2D eigenvalue weighted by Gasteiger charge is 2.28. The molecule has 1 aliphatic carbocycles. The fraction of sp³-hybridized carbons (Fsp3) is 0.556. The molecule has 0 fully saturated rings. The molecule has 0 radical (unpaired) electrons. The summed E-state index contributed by atoms with van der Waals surface area (Å²) in [6.45, 7) is 5.40. The third kappa shape index (κ3) is 1.46. The van der Waals surface area contributed by atoms with Crippen LogP contribution in [0.3, 0.4) is 0 Å². The van der Waals surface area contributed by atoms with Gasteiger partial charge in [0.1, 0.15) is 5.76 Å². The fourth-order valence-electron chi connectivity index (χ4n) is 1.18. The molecule has 2 unspecified atom stereocenters. The lowest BCUT2D eigenvalue weighted by molar-refractivity contribution is 0.0690. The predicted molar refractivity (Wildman–Crippen MR) is 44.3 cm³/mol. The Morgan fingerprint density at radius 1 is 1.55 bits per heavy atom. The smallest absolute Gasteiger partial charge is 0.114 e. The summed E-state index contributed by atoms with van der Waals surface area (Å²) in [7, 11) is 0. The molecule has 0 amide bonds. The van der Waals surface area contributed by atoms with Crippen LogP contribution in [-0.2, 0) is 0 Å². The lowest BCUT2D eigenvalue weighted by Gasteiger charge is -2.29. The lowest BCUT2D eigenvalue weighted by atomic mass is 9.84. The van der Waals surface area contributed by atoms with Crippen LogP contribution in [0.1, 0.15) is 20.8 Å². The van der Waals surface area contributed by atoms with E-state index < -0.39 is 5.60 Å². The van der Waals surface area contributed by atoms with Crippen LogP contribution in [-0.4, -0.2) is 15.8 Å². The van der Waals surface area contributed by atoms with Crippen molar-refractivity contribution in [2.75, 3.05) is 0 Å². The highest BCUT2D eigenvalue weighted by atomic mass is 16.3. The molecule has 0 spiro atoms. The van der Waals surface area contributed by atoms with Crippen LogP contribution < -0.4 is 0 Å². The number of hydrogen-bond acceptors (Lipinski definition) is 2. The van der Waals surface area contributed by atoms with Gasteiger partial charge in [-0.15, -0.1) is 0 Å². The van der Waals surface area contributed by atoms with Crippen molar-refractivity contribution in [3.63, 3.8) is 0 Å². The van der Waals surface area contributed by atoms with Crippen molar-refractivity contribution in [2.24, 2.45) is 5.92 Å². The van der Waals surface area contributed by atoms with E-state index in [-0.39, 0.29) is 11.7 Å². The molecule has 0 bridgehead atoms. The Morgan fingerprint density at radius 3 is 2.55 bits per heavy atom. The van der Waals surface area contributed by atoms with Gasteiger partial charge in [-0.25, -0.2) is 0 Å². The van der Waals surface area contributed by atoms with Gasteiger partial charge in [-0.3, -0.25) is 0 Å². The molecule has 0 aromatic carbocycles. The summed E-state index contributed by atoms with van der Waals surface area (Å²) in [6, 6.07) is 0. The van der Waals surface area contributed by atoms with Crippen molar-refractivity contribution in [3.8, 4) is 0 Å². The quantitative estimate of drug-likeness (QED) is 0.558.